The van der Waals surface area contributed by atoms with E-state index in [9.17, 15) is 4.79 Å². The number of nitrogens with one attached hydrogen (secondary N) is 1. The van der Waals surface area contributed by atoms with Gasteiger partial charge >= 0.3 is 0 Å². The molecule has 0 aliphatic carbocycles. The summed E-state index contributed by atoms with van der Waals surface area (Å²) in [6.07, 6.45) is 2.79. The molecule has 0 fully saturated rings. The molecular formula is C15H25N3O2. The Balaban J connectivity index is 2.71. The molecule has 0 aromatic carbocycles. The standard InChI is InChI=1S/C15H25N3O2/c1-6-7-11(2)15(19)16-10-14-12(3)17-18(13(14)4)8-9-20-5/h7H,6,8-10H2,1-5H3,(H,16,19)/b11-7-. The number of carbonyl (C=O) groups is 1. The third-order valence-corrected chi connectivity index (χ3v) is 3.33. The summed E-state index contributed by atoms with van der Waals surface area (Å²) >= 11 is 0. The molecule has 0 aliphatic heterocycles. The van der Waals surface area contributed by atoms with Crippen LogP contribution in [0.5, 0.6) is 0 Å². The fourth-order valence-electron chi connectivity index (χ4n) is 2.09. The van der Waals surface area contributed by atoms with Gasteiger partial charge in [0.2, 0.25) is 5.91 Å². The summed E-state index contributed by atoms with van der Waals surface area (Å²) in [4.78, 5) is 11.9. The first-order valence-electron chi connectivity index (χ1n) is 6.98. The van der Waals surface area contributed by atoms with E-state index in [1.54, 1.807) is 7.11 Å². The van der Waals surface area contributed by atoms with Crippen LogP contribution in [0, 0.1) is 13.8 Å². The number of hydrogen-bond donors (Lipinski definition) is 1. The highest BCUT2D eigenvalue weighted by Crippen LogP contribution is 2.13. The Hall–Kier alpha value is -1.62. The van der Waals surface area contributed by atoms with Gasteiger partial charge in [0, 0.05) is 30.5 Å². The summed E-state index contributed by atoms with van der Waals surface area (Å²) < 4.78 is 6.99. The molecule has 0 spiro atoms. The molecule has 20 heavy (non-hydrogen) atoms. The van der Waals surface area contributed by atoms with Gasteiger partial charge < -0.3 is 10.1 Å². The van der Waals surface area contributed by atoms with Crippen molar-refractivity contribution >= 4 is 5.91 Å². The van der Waals surface area contributed by atoms with Crippen molar-refractivity contribution in [2.75, 3.05) is 13.7 Å². The molecule has 0 unspecified atom stereocenters. The maximum Gasteiger partial charge on any atom is 0.246 e. The molecular weight excluding hydrogens is 254 g/mol. The number of carbonyl (C=O) groups excluding carboxylic acids is 1. The quantitative estimate of drug-likeness (QED) is 0.778. The van der Waals surface area contributed by atoms with Gasteiger partial charge in [-0.3, -0.25) is 9.48 Å². The molecule has 0 saturated carbocycles. The molecule has 1 N–H and O–H groups in total. The van der Waals surface area contributed by atoms with E-state index >= 15 is 0 Å². The third-order valence-electron chi connectivity index (χ3n) is 3.33. The number of nitrogens with zero attached hydrogens (tertiary/aromatic N) is 2. The van der Waals surface area contributed by atoms with Gasteiger partial charge in [-0.05, 0) is 27.2 Å². The Labute approximate surface area is 121 Å². The molecule has 1 aromatic heterocycles. The Morgan fingerprint density at radius 3 is 2.75 bits per heavy atom. The third kappa shape index (κ3) is 4.20. The molecule has 1 aromatic rings. The van der Waals surface area contributed by atoms with E-state index in [2.05, 4.69) is 10.4 Å². The van der Waals surface area contributed by atoms with Crippen LogP contribution in [0.25, 0.3) is 0 Å². The van der Waals surface area contributed by atoms with Crippen molar-refractivity contribution in [2.45, 2.75) is 47.2 Å². The minimum absolute atomic E-state index is 0.0182. The summed E-state index contributed by atoms with van der Waals surface area (Å²) in [5, 5.41) is 7.42. The molecule has 0 saturated heterocycles. The fraction of sp³-hybridized carbons (Fsp3) is 0.600. The zero-order valence-corrected chi connectivity index (χ0v) is 13.1. The maximum atomic E-state index is 11.9. The number of methoxy groups -OCH3 is 1. The normalized spacial score (nSPS) is 11.8. The number of ether oxygens (including phenoxy) is 1. The Morgan fingerprint density at radius 2 is 2.15 bits per heavy atom. The lowest BCUT2D eigenvalue weighted by Gasteiger charge is -2.07. The van der Waals surface area contributed by atoms with Crippen LogP contribution in [0.1, 0.15) is 37.2 Å². The van der Waals surface area contributed by atoms with E-state index in [0.717, 1.165) is 35.5 Å². The molecule has 5 heteroatoms. The van der Waals surface area contributed by atoms with E-state index in [-0.39, 0.29) is 5.91 Å². The number of hydrogen-bond acceptors (Lipinski definition) is 3. The number of rotatable bonds is 7. The molecule has 1 amide bonds. The van der Waals surface area contributed by atoms with Crippen molar-refractivity contribution < 1.29 is 9.53 Å². The van der Waals surface area contributed by atoms with E-state index in [0.29, 0.717) is 13.2 Å². The minimum atomic E-state index is -0.0182. The first-order valence-corrected chi connectivity index (χ1v) is 6.98. The molecule has 0 bridgehead atoms. The van der Waals surface area contributed by atoms with E-state index in [1.165, 1.54) is 0 Å². The van der Waals surface area contributed by atoms with Gasteiger partial charge in [0.25, 0.3) is 0 Å². The molecule has 1 rings (SSSR count). The van der Waals surface area contributed by atoms with Gasteiger partial charge in [-0.1, -0.05) is 13.0 Å². The zero-order valence-electron chi connectivity index (χ0n) is 13.1. The van der Waals surface area contributed by atoms with E-state index < -0.39 is 0 Å². The minimum Gasteiger partial charge on any atom is -0.383 e. The topological polar surface area (TPSA) is 56.2 Å². The van der Waals surface area contributed by atoms with Gasteiger partial charge in [0.1, 0.15) is 0 Å². The Morgan fingerprint density at radius 1 is 1.45 bits per heavy atom. The number of aryl methyl sites for hydroxylation is 1. The molecule has 1 heterocycles. The summed E-state index contributed by atoms with van der Waals surface area (Å²) in [5.41, 5.74) is 3.88. The van der Waals surface area contributed by atoms with Crippen LogP contribution < -0.4 is 5.32 Å². The summed E-state index contributed by atoms with van der Waals surface area (Å²) in [6, 6.07) is 0. The second-order valence-electron chi connectivity index (χ2n) is 4.84. The second-order valence-corrected chi connectivity index (χ2v) is 4.84. The second kappa shape index (κ2) is 7.85. The summed E-state index contributed by atoms with van der Waals surface area (Å²) in [5.74, 6) is -0.0182. The van der Waals surface area contributed by atoms with Gasteiger partial charge in [0.05, 0.1) is 18.8 Å². The smallest absolute Gasteiger partial charge is 0.246 e. The molecule has 0 atom stereocenters. The van der Waals surface area contributed by atoms with E-state index in [1.807, 2.05) is 38.5 Å². The van der Waals surface area contributed by atoms with E-state index in [4.69, 9.17) is 4.74 Å². The van der Waals surface area contributed by atoms with Gasteiger partial charge in [-0.25, -0.2) is 0 Å². The highest BCUT2D eigenvalue weighted by Gasteiger charge is 2.12. The van der Waals surface area contributed by atoms with Crippen molar-refractivity contribution in [3.05, 3.63) is 28.6 Å². The highest BCUT2D eigenvalue weighted by atomic mass is 16.5. The largest absolute Gasteiger partial charge is 0.383 e. The Bertz CT molecular complexity index is 490. The van der Waals surface area contributed by atoms with Gasteiger partial charge in [0.15, 0.2) is 0 Å². The fourth-order valence-corrected chi connectivity index (χ4v) is 2.09. The van der Waals surface area contributed by atoms with Crippen LogP contribution in [0.15, 0.2) is 11.6 Å². The lowest BCUT2D eigenvalue weighted by Crippen LogP contribution is -2.24. The van der Waals surface area contributed by atoms with Crippen molar-refractivity contribution in [1.82, 2.24) is 15.1 Å². The van der Waals surface area contributed by atoms with Crippen LogP contribution in [0.2, 0.25) is 0 Å². The summed E-state index contributed by atoms with van der Waals surface area (Å²) in [7, 11) is 1.68. The van der Waals surface area contributed by atoms with Crippen molar-refractivity contribution in [1.29, 1.82) is 0 Å². The monoisotopic (exact) mass is 279 g/mol. The van der Waals surface area contributed by atoms with Crippen LogP contribution in [-0.2, 0) is 22.6 Å². The van der Waals surface area contributed by atoms with Gasteiger partial charge in [-0.2, -0.15) is 5.10 Å². The molecule has 112 valence electrons. The molecule has 0 aliphatic rings. The SMILES string of the molecule is CC/C=C(/C)C(=O)NCc1c(C)nn(CCOC)c1C. The lowest BCUT2D eigenvalue weighted by molar-refractivity contribution is -0.117. The van der Waals surface area contributed by atoms with Crippen molar-refractivity contribution in [2.24, 2.45) is 0 Å². The van der Waals surface area contributed by atoms with Crippen LogP contribution >= 0.6 is 0 Å². The summed E-state index contributed by atoms with van der Waals surface area (Å²) in [6.45, 7) is 9.71. The zero-order chi connectivity index (χ0) is 15.1. The van der Waals surface area contributed by atoms with Crippen molar-refractivity contribution in [3.63, 3.8) is 0 Å². The number of allylic oxidation sites excluding steroid dienone is 1. The first kappa shape index (κ1) is 16.4. The number of aromatic nitrogens is 2. The van der Waals surface area contributed by atoms with Crippen LogP contribution in [0.3, 0.4) is 0 Å². The van der Waals surface area contributed by atoms with Crippen LogP contribution in [-0.4, -0.2) is 29.4 Å². The average Bonchev–Trinajstić information content (AvgIpc) is 2.69. The highest BCUT2D eigenvalue weighted by molar-refractivity contribution is 5.92. The van der Waals surface area contributed by atoms with Gasteiger partial charge in [-0.15, -0.1) is 0 Å². The van der Waals surface area contributed by atoms with Crippen molar-refractivity contribution in [3.8, 4) is 0 Å². The lowest BCUT2D eigenvalue weighted by atomic mass is 10.2. The first-order chi connectivity index (χ1) is 9.51. The predicted molar refractivity (Wildman–Crippen MR) is 79.5 cm³/mol. The molecule has 0 radical (unpaired) electrons. The molecule has 5 nitrogen and oxygen atoms in total. The predicted octanol–water partition coefficient (Wildman–Crippen LogP) is 2.12. The van der Waals surface area contributed by atoms with Crippen LogP contribution in [0.4, 0.5) is 0 Å². The Kier molecular flexibility index (Phi) is 6.45. The number of amides is 1. The maximum absolute atomic E-state index is 11.9. The average molecular weight is 279 g/mol.